The summed E-state index contributed by atoms with van der Waals surface area (Å²) in [5.41, 5.74) is 2.02. The Morgan fingerprint density at radius 3 is 2.27 bits per heavy atom. The SMILES string of the molecule is CC1Cc2ccccc2N1C(=O)C1CCN(C(=O)C2CC(=O)N(C(C)(C)C)C2)CC1. The van der Waals surface area contributed by atoms with Crippen LogP contribution < -0.4 is 4.90 Å². The standard InChI is InChI=1S/C24H33N3O3/c1-16-13-18-7-5-6-8-20(18)27(16)23(30)17-9-11-25(12-10-17)22(29)19-14-21(28)26(15-19)24(2,3)4/h5-8,16-17,19H,9-15H2,1-4H3. The molecule has 2 unspecified atom stereocenters. The van der Waals surface area contributed by atoms with Crippen molar-refractivity contribution in [3.8, 4) is 0 Å². The van der Waals surface area contributed by atoms with Crippen molar-refractivity contribution in [2.75, 3.05) is 24.5 Å². The first-order valence-corrected chi connectivity index (χ1v) is 11.2. The molecular weight excluding hydrogens is 378 g/mol. The Labute approximate surface area is 179 Å². The van der Waals surface area contributed by atoms with E-state index in [9.17, 15) is 14.4 Å². The van der Waals surface area contributed by atoms with Gasteiger partial charge in [-0.1, -0.05) is 18.2 Å². The smallest absolute Gasteiger partial charge is 0.230 e. The van der Waals surface area contributed by atoms with Crippen LogP contribution in [0.5, 0.6) is 0 Å². The molecule has 6 nitrogen and oxygen atoms in total. The number of carbonyl (C=O) groups is 3. The summed E-state index contributed by atoms with van der Waals surface area (Å²) in [6, 6.07) is 8.33. The molecule has 6 heteroatoms. The number of likely N-dealkylation sites (tertiary alicyclic amines) is 2. The number of nitrogens with zero attached hydrogens (tertiary/aromatic N) is 3. The van der Waals surface area contributed by atoms with Gasteiger partial charge in [-0.15, -0.1) is 0 Å². The van der Waals surface area contributed by atoms with Gasteiger partial charge in [0, 0.05) is 49.2 Å². The van der Waals surface area contributed by atoms with E-state index in [1.165, 1.54) is 5.56 Å². The highest BCUT2D eigenvalue weighted by molar-refractivity contribution is 5.98. The lowest BCUT2D eigenvalue weighted by atomic mass is 9.93. The summed E-state index contributed by atoms with van der Waals surface area (Å²) < 4.78 is 0. The third kappa shape index (κ3) is 3.72. The number of hydrogen-bond acceptors (Lipinski definition) is 3. The predicted octanol–water partition coefficient (Wildman–Crippen LogP) is 2.85. The number of piperidine rings is 1. The summed E-state index contributed by atoms with van der Waals surface area (Å²) in [6.07, 6.45) is 2.59. The number of anilines is 1. The third-order valence-corrected chi connectivity index (χ3v) is 6.88. The average molecular weight is 412 g/mol. The molecule has 3 heterocycles. The van der Waals surface area contributed by atoms with Crippen LogP contribution in [-0.4, -0.2) is 58.7 Å². The fraction of sp³-hybridized carbons (Fsp3) is 0.625. The zero-order valence-corrected chi connectivity index (χ0v) is 18.6. The second-order valence-corrected chi connectivity index (χ2v) is 10.1. The van der Waals surface area contributed by atoms with E-state index in [-0.39, 0.29) is 41.1 Å². The molecule has 3 amide bonds. The molecule has 0 aromatic heterocycles. The molecular formula is C24H33N3O3. The van der Waals surface area contributed by atoms with Gasteiger partial charge in [-0.25, -0.2) is 0 Å². The van der Waals surface area contributed by atoms with Crippen molar-refractivity contribution < 1.29 is 14.4 Å². The van der Waals surface area contributed by atoms with Crippen LogP contribution in [0.2, 0.25) is 0 Å². The van der Waals surface area contributed by atoms with E-state index in [0.717, 1.165) is 12.1 Å². The molecule has 30 heavy (non-hydrogen) atoms. The maximum absolute atomic E-state index is 13.3. The van der Waals surface area contributed by atoms with Gasteiger partial charge in [-0.05, 0) is 58.6 Å². The number of para-hydroxylation sites is 1. The van der Waals surface area contributed by atoms with Crippen LogP contribution in [0.4, 0.5) is 5.69 Å². The fourth-order valence-corrected chi connectivity index (χ4v) is 5.22. The summed E-state index contributed by atoms with van der Waals surface area (Å²) in [4.78, 5) is 44.3. The Kier molecular flexibility index (Phi) is 5.37. The molecule has 2 saturated heterocycles. The molecule has 0 radical (unpaired) electrons. The van der Waals surface area contributed by atoms with Crippen LogP contribution in [0.1, 0.15) is 52.5 Å². The molecule has 2 atom stereocenters. The van der Waals surface area contributed by atoms with E-state index >= 15 is 0 Å². The number of benzene rings is 1. The number of rotatable bonds is 2. The van der Waals surface area contributed by atoms with Gasteiger partial charge in [0.2, 0.25) is 17.7 Å². The van der Waals surface area contributed by atoms with Crippen molar-refractivity contribution in [2.45, 2.75) is 65.0 Å². The zero-order valence-electron chi connectivity index (χ0n) is 18.6. The van der Waals surface area contributed by atoms with Gasteiger partial charge < -0.3 is 14.7 Å². The number of carbonyl (C=O) groups excluding carboxylic acids is 3. The maximum atomic E-state index is 13.3. The third-order valence-electron chi connectivity index (χ3n) is 6.88. The van der Waals surface area contributed by atoms with Crippen LogP contribution in [0, 0.1) is 11.8 Å². The van der Waals surface area contributed by atoms with E-state index in [0.29, 0.717) is 38.9 Å². The molecule has 1 aromatic rings. The highest BCUT2D eigenvalue weighted by Gasteiger charge is 2.42. The molecule has 0 bridgehead atoms. The summed E-state index contributed by atoms with van der Waals surface area (Å²) in [5.74, 6) is 0.0244. The Morgan fingerprint density at radius 2 is 1.63 bits per heavy atom. The molecule has 0 aliphatic carbocycles. The van der Waals surface area contributed by atoms with Gasteiger partial charge in [-0.3, -0.25) is 14.4 Å². The first-order chi connectivity index (χ1) is 14.2. The van der Waals surface area contributed by atoms with Crippen molar-refractivity contribution >= 4 is 23.4 Å². The van der Waals surface area contributed by atoms with E-state index in [2.05, 4.69) is 13.0 Å². The van der Waals surface area contributed by atoms with Gasteiger partial charge >= 0.3 is 0 Å². The second kappa shape index (κ2) is 7.71. The molecule has 3 aliphatic rings. The summed E-state index contributed by atoms with van der Waals surface area (Å²) in [5, 5.41) is 0. The molecule has 2 fully saturated rings. The minimum absolute atomic E-state index is 0.0426. The van der Waals surface area contributed by atoms with Crippen LogP contribution >= 0.6 is 0 Å². The highest BCUT2D eigenvalue weighted by Crippen LogP contribution is 2.35. The van der Waals surface area contributed by atoms with Gasteiger partial charge in [0.05, 0.1) is 5.92 Å². The molecule has 0 spiro atoms. The Balaban J connectivity index is 1.36. The van der Waals surface area contributed by atoms with Crippen molar-refractivity contribution in [3.63, 3.8) is 0 Å². The molecule has 162 valence electrons. The predicted molar refractivity (Wildman–Crippen MR) is 116 cm³/mol. The normalized spacial score (nSPS) is 25.1. The monoisotopic (exact) mass is 411 g/mol. The lowest BCUT2D eigenvalue weighted by Gasteiger charge is -2.36. The molecule has 1 aromatic carbocycles. The van der Waals surface area contributed by atoms with Gasteiger partial charge in [0.25, 0.3) is 0 Å². The van der Waals surface area contributed by atoms with Crippen LogP contribution in [0.15, 0.2) is 24.3 Å². The van der Waals surface area contributed by atoms with Crippen molar-refractivity contribution in [1.82, 2.24) is 9.80 Å². The van der Waals surface area contributed by atoms with Crippen molar-refractivity contribution in [1.29, 1.82) is 0 Å². The van der Waals surface area contributed by atoms with E-state index < -0.39 is 0 Å². The number of fused-ring (bicyclic) bond motifs is 1. The van der Waals surface area contributed by atoms with E-state index in [1.54, 1.807) is 0 Å². The average Bonchev–Trinajstić information content (AvgIpc) is 3.26. The molecule has 3 aliphatic heterocycles. The van der Waals surface area contributed by atoms with E-state index in [4.69, 9.17) is 0 Å². The summed E-state index contributed by atoms with van der Waals surface area (Å²) >= 11 is 0. The van der Waals surface area contributed by atoms with Gasteiger partial charge in [-0.2, -0.15) is 0 Å². The van der Waals surface area contributed by atoms with Crippen LogP contribution in [-0.2, 0) is 20.8 Å². The Bertz CT molecular complexity index is 851. The summed E-state index contributed by atoms with van der Waals surface area (Å²) in [6.45, 7) is 9.82. The molecule has 0 N–H and O–H groups in total. The highest BCUT2D eigenvalue weighted by atomic mass is 16.2. The first kappa shape index (κ1) is 20.9. The van der Waals surface area contributed by atoms with Gasteiger partial charge in [0.1, 0.15) is 0 Å². The topological polar surface area (TPSA) is 60.9 Å². The lowest BCUT2D eigenvalue weighted by Crippen LogP contribution is -2.48. The lowest BCUT2D eigenvalue weighted by molar-refractivity contribution is -0.138. The largest absolute Gasteiger partial charge is 0.342 e. The van der Waals surface area contributed by atoms with E-state index in [1.807, 2.05) is 53.7 Å². The zero-order chi connectivity index (χ0) is 21.6. The molecule has 4 rings (SSSR count). The van der Waals surface area contributed by atoms with Crippen molar-refractivity contribution in [2.24, 2.45) is 11.8 Å². The minimum atomic E-state index is -0.256. The second-order valence-electron chi connectivity index (χ2n) is 10.1. The molecule has 0 saturated carbocycles. The van der Waals surface area contributed by atoms with Crippen molar-refractivity contribution in [3.05, 3.63) is 29.8 Å². The Morgan fingerprint density at radius 1 is 0.967 bits per heavy atom. The summed E-state index contributed by atoms with van der Waals surface area (Å²) in [7, 11) is 0. The maximum Gasteiger partial charge on any atom is 0.230 e. The minimum Gasteiger partial charge on any atom is -0.342 e. The van der Waals surface area contributed by atoms with Crippen LogP contribution in [0.25, 0.3) is 0 Å². The number of hydrogen-bond donors (Lipinski definition) is 0. The number of amides is 3. The Hall–Kier alpha value is -2.37. The van der Waals surface area contributed by atoms with Crippen LogP contribution in [0.3, 0.4) is 0 Å². The fourth-order valence-electron chi connectivity index (χ4n) is 5.22. The van der Waals surface area contributed by atoms with Gasteiger partial charge in [0.15, 0.2) is 0 Å². The first-order valence-electron chi connectivity index (χ1n) is 11.2. The quantitative estimate of drug-likeness (QED) is 0.752.